The Balaban J connectivity index is 2.22. The number of sulfonamides is 1. The third-order valence-electron chi connectivity index (χ3n) is 5.15. The molecule has 1 heterocycles. The Bertz CT molecular complexity index is 1070. The fraction of sp³-hybridized carbons (Fsp3) is 0.238. The molecule has 1 saturated heterocycles. The SMILES string of the molecule is C=CC1CN(S(=O)(=O)c2ccc(C)cc2)[C@@H](c2ccc(F)cc2)C1(C#N)C#N. The molecule has 1 aliphatic rings. The quantitative estimate of drug-likeness (QED) is 0.739. The predicted octanol–water partition coefficient (Wildman–Crippen LogP) is 3.72. The average molecular weight is 395 g/mol. The molecule has 2 aromatic carbocycles. The summed E-state index contributed by atoms with van der Waals surface area (Å²) in [5, 5.41) is 19.8. The first-order valence-electron chi connectivity index (χ1n) is 8.59. The molecule has 0 bridgehead atoms. The second-order valence-electron chi connectivity index (χ2n) is 6.78. The highest BCUT2D eigenvalue weighted by Crippen LogP contribution is 2.52. The van der Waals surface area contributed by atoms with Crippen LogP contribution in [0.3, 0.4) is 0 Å². The lowest BCUT2D eigenvalue weighted by atomic mass is 9.73. The minimum absolute atomic E-state index is 0.0666. The van der Waals surface area contributed by atoms with Crippen LogP contribution in [0.4, 0.5) is 4.39 Å². The molecule has 2 atom stereocenters. The standard InChI is InChI=1S/C21H18FN3O2S/c1-3-17-12-25(28(26,27)19-10-4-15(2)5-11-19)20(21(17,13-23)14-24)16-6-8-18(22)9-7-16/h3-11,17,20H,1,12H2,2H3/t17?,20-/m0/s1. The Hall–Kier alpha value is -3.00. The maximum absolute atomic E-state index is 13.4. The van der Waals surface area contributed by atoms with Crippen molar-refractivity contribution in [3.8, 4) is 12.1 Å². The minimum Gasteiger partial charge on any atom is -0.207 e. The van der Waals surface area contributed by atoms with Crippen LogP contribution in [0.2, 0.25) is 0 Å². The van der Waals surface area contributed by atoms with Crippen LogP contribution in [0.1, 0.15) is 17.2 Å². The lowest BCUT2D eigenvalue weighted by molar-refractivity contribution is 0.326. The Kier molecular flexibility index (Phi) is 5.08. The molecule has 0 aromatic heterocycles. The van der Waals surface area contributed by atoms with Gasteiger partial charge in [0, 0.05) is 12.5 Å². The molecule has 28 heavy (non-hydrogen) atoms. The van der Waals surface area contributed by atoms with Crippen LogP contribution in [0.15, 0.2) is 66.1 Å². The first-order chi connectivity index (χ1) is 13.3. The first-order valence-corrected chi connectivity index (χ1v) is 10.0. The van der Waals surface area contributed by atoms with E-state index < -0.39 is 33.2 Å². The highest BCUT2D eigenvalue weighted by molar-refractivity contribution is 7.89. The third-order valence-corrected chi connectivity index (χ3v) is 6.99. The van der Waals surface area contributed by atoms with E-state index in [0.29, 0.717) is 5.56 Å². The zero-order chi connectivity index (χ0) is 20.5. The molecule has 3 rings (SSSR count). The molecule has 0 amide bonds. The van der Waals surface area contributed by atoms with Crippen LogP contribution >= 0.6 is 0 Å². The van der Waals surface area contributed by atoms with Crippen LogP contribution in [0, 0.1) is 46.7 Å². The Morgan fingerprint density at radius 2 is 1.71 bits per heavy atom. The zero-order valence-electron chi connectivity index (χ0n) is 15.2. The van der Waals surface area contributed by atoms with Crippen LogP contribution in [-0.4, -0.2) is 19.3 Å². The van der Waals surface area contributed by atoms with E-state index in [1.165, 1.54) is 42.5 Å². The second-order valence-corrected chi connectivity index (χ2v) is 8.67. The van der Waals surface area contributed by atoms with E-state index in [4.69, 9.17) is 0 Å². The van der Waals surface area contributed by atoms with Gasteiger partial charge in [0.2, 0.25) is 10.0 Å². The summed E-state index contributed by atoms with van der Waals surface area (Å²) in [6.07, 6.45) is 1.44. The highest BCUT2D eigenvalue weighted by atomic mass is 32.2. The van der Waals surface area contributed by atoms with Gasteiger partial charge in [0.15, 0.2) is 5.41 Å². The van der Waals surface area contributed by atoms with E-state index in [-0.39, 0.29) is 11.4 Å². The maximum Gasteiger partial charge on any atom is 0.243 e. The van der Waals surface area contributed by atoms with Gasteiger partial charge in [-0.05, 0) is 36.8 Å². The summed E-state index contributed by atoms with van der Waals surface area (Å²) in [6, 6.07) is 14.5. The van der Waals surface area contributed by atoms with Gasteiger partial charge in [-0.1, -0.05) is 35.9 Å². The van der Waals surface area contributed by atoms with Crippen LogP contribution in [-0.2, 0) is 10.0 Å². The summed E-state index contributed by atoms with van der Waals surface area (Å²) in [4.78, 5) is 0.0692. The zero-order valence-corrected chi connectivity index (χ0v) is 16.0. The predicted molar refractivity (Wildman–Crippen MR) is 102 cm³/mol. The van der Waals surface area contributed by atoms with Crippen molar-refractivity contribution in [1.29, 1.82) is 10.5 Å². The van der Waals surface area contributed by atoms with Crippen molar-refractivity contribution < 1.29 is 12.8 Å². The number of benzene rings is 2. The van der Waals surface area contributed by atoms with Gasteiger partial charge in [-0.25, -0.2) is 12.8 Å². The normalized spacial score (nSPS) is 21.6. The Morgan fingerprint density at radius 3 is 2.21 bits per heavy atom. The summed E-state index contributed by atoms with van der Waals surface area (Å²) in [6.45, 7) is 5.47. The van der Waals surface area contributed by atoms with Crippen molar-refractivity contribution in [2.45, 2.75) is 17.9 Å². The number of nitriles is 2. The molecule has 1 fully saturated rings. The van der Waals surface area contributed by atoms with Crippen molar-refractivity contribution in [2.75, 3.05) is 6.54 Å². The van der Waals surface area contributed by atoms with Gasteiger partial charge in [0.25, 0.3) is 0 Å². The van der Waals surface area contributed by atoms with Crippen molar-refractivity contribution in [2.24, 2.45) is 11.3 Å². The Morgan fingerprint density at radius 1 is 1.14 bits per heavy atom. The van der Waals surface area contributed by atoms with Crippen LogP contribution in [0.5, 0.6) is 0 Å². The van der Waals surface area contributed by atoms with Gasteiger partial charge >= 0.3 is 0 Å². The average Bonchev–Trinajstić information content (AvgIpc) is 3.04. The molecule has 0 radical (unpaired) electrons. The molecule has 0 spiro atoms. The monoisotopic (exact) mass is 395 g/mol. The summed E-state index contributed by atoms with van der Waals surface area (Å²) in [5.74, 6) is -1.19. The van der Waals surface area contributed by atoms with Gasteiger partial charge in [-0.3, -0.25) is 0 Å². The van der Waals surface area contributed by atoms with Crippen molar-refractivity contribution in [3.63, 3.8) is 0 Å². The van der Waals surface area contributed by atoms with Gasteiger partial charge in [0.05, 0.1) is 23.1 Å². The third kappa shape index (κ3) is 2.99. The molecular formula is C21H18FN3O2S. The maximum atomic E-state index is 13.4. The molecule has 2 aromatic rings. The van der Waals surface area contributed by atoms with E-state index in [1.807, 2.05) is 19.1 Å². The van der Waals surface area contributed by atoms with Gasteiger partial charge in [-0.15, -0.1) is 6.58 Å². The summed E-state index contributed by atoms with van der Waals surface area (Å²) in [5.41, 5.74) is -0.385. The molecule has 5 nitrogen and oxygen atoms in total. The number of hydrogen-bond acceptors (Lipinski definition) is 4. The summed E-state index contributed by atoms with van der Waals surface area (Å²) < 4.78 is 41.3. The molecule has 0 aliphatic carbocycles. The van der Waals surface area contributed by atoms with E-state index in [2.05, 4.69) is 6.58 Å². The fourth-order valence-electron chi connectivity index (χ4n) is 3.60. The number of aryl methyl sites for hydroxylation is 1. The van der Waals surface area contributed by atoms with Crippen molar-refractivity contribution >= 4 is 10.0 Å². The molecule has 7 heteroatoms. The smallest absolute Gasteiger partial charge is 0.207 e. The molecule has 142 valence electrons. The van der Waals surface area contributed by atoms with Gasteiger partial charge in [-0.2, -0.15) is 14.8 Å². The number of rotatable bonds is 4. The number of halogens is 1. The van der Waals surface area contributed by atoms with Gasteiger partial charge in [0.1, 0.15) is 5.82 Å². The topological polar surface area (TPSA) is 85.0 Å². The van der Waals surface area contributed by atoms with Gasteiger partial charge < -0.3 is 0 Å². The van der Waals surface area contributed by atoms with Crippen LogP contribution in [0.25, 0.3) is 0 Å². The summed E-state index contributed by atoms with van der Waals surface area (Å²) >= 11 is 0. The highest BCUT2D eigenvalue weighted by Gasteiger charge is 2.58. The Labute approximate surface area is 164 Å². The lowest BCUT2D eigenvalue weighted by Crippen LogP contribution is -2.35. The largest absolute Gasteiger partial charge is 0.243 e. The van der Waals surface area contributed by atoms with Crippen LogP contribution < -0.4 is 0 Å². The van der Waals surface area contributed by atoms with E-state index in [9.17, 15) is 23.3 Å². The minimum atomic E-state index is -4.01. The molecular weight excluding hydrogens is 377 g/mol. The lowest BCUT2D eigenvalue weighted by Gasteiger charge is -2.29. The molecule has 0 N–H and O–H groups in total. The summed E-state index contributed by atoms with van der Waals surface area (Å²) in [7, 11) is -4.01. The fourth-order valence-corrected chi connectivity index (χ4v) is 5.28. The van der Waals surface area contributed by atoms with E-state index in [0.717, 1.165) is 9.87 Å². The number of hydrogen-bond donors (Lipinski definition) is 0. The van der Waals surface area contributed by atoms with Crippen molar-refractivity contribution in [3.05, 3.63) is 78.1 Å². The molecule has 0 saturated carbocycles. The second kappa shape index (κ2) is 7.20. The van der Waals surface area contributed by atoms with E-state index in [1.54, 1.807) is 12.1 Å². The molecule has 1 unspecified atom stereocenters. The molecule has 1 aliphatic heterocycles. The van der Waals surface area contributed by atoms with E-state index >= 15 is 0 Å². The number of nitrogens with zero attached hydrogens (tertiary/aromatic N) is 3. The first kappa shape index (κ1) is 19.8. The van der Waals surface area contributed by atoms with Crippen molar-refractivity contribution in [1.82, 2.24) is 4.31 Å².